The van der Waals surface area contributed by atoms with Gasteiger partial charge in [-0.2, -0.15) is 0 Å². The minimum atomic E-state index is -0.0551. The molecule has 0 unspecified atom stereocenters. The quantitative estimate of drug-likeness (QED) is 0.451. The zero-order valence-electron chi connectivity index (χ0n) is 17.9. The van der Waals surface area contributed by atoms with E-state index >= 15 is 0 Å². The Balaban J connectivity index is 1.26. The van der Waals surface area contributed by atoms with Crippen molar-refractivity contribution in [2.45, 2.75) is 23.7 Å². The average molecular weight is 467 g/mol. The second-order valence-electron chi connectivity index (χ2n) is 7.83. The molecule has 0 radical (unpaired) electrons. The fraction of sp³-hybridized carbons (Fsp3) is 0.269. The smallest absolute Gasteiger partial charge is 0.251 e. The Bertz CT molecular complexity index is 1020. The zero-order valence-corrected chi connectivity index (χ0v) is 19.5. The van der Waals surface area contributed by atoms with Gasteiger partial charge in [-0.15, -0.1) is 11.8 Å². The number of nitrogens with zero attached hydrogens (tertiary/aromatic N) is 1. The number of nitrogens with one attached hydrogen (secondary N) is 1. The van der Waals surface area contributed by atoms with Crippen molar-refractivity contribution in [1.82, 2.24) is 10.2 Å². The minimum Gasteiger partial charge on any atom is -0.379 e. The molecular weight excluding hydrogens is 440 g/mol. The number of benzene rings is 3. The van der Waals surface area contributed by atoms with Gasteiger partial charge in [0.25, 0.3) is 5.91 Å². The van der Waals surface area contributed by atoms with Crippen LogP contribution in [0.1, 0.15) is 27.0 Å². The van der Waals surface area contributed by atoms with Crippen LogP contribution in [-0.2, 0) is 23.6 Å². The van der Waals surface area contributed by atoms with E-state index in [1.54, 1.807) is 11.8 Å². The molecule has 32 heavy (non-hydrogen) atoms. The molecule has 0 saturated carbocycles. The zero-order chi connectivity index (χ0) is 22.2. The summed E-state index contributed by atoms with van der Waals surface area (Å²) in [7, 11) is 0. The van der Waals surface area contributed by atoms with E-state index < -0.39 is 0 Å². The maximum atomic E-state index is 12.6. The summed E-state index contributed by atoms with van der Waals surface area (Å²) in [6, 6.07) is 24.1. The van der Waals surface area contributed by atoms with Crippen LogP contribution in [0.15, 0.2) is 77.7 Å². The molecule has 3 aromatic rings. The van der Waals surface area contributed by atoms with Crippen LogP contribution in [0.2, 0.25) is 5.02 Å². The number of carbonyl (C=O) groups is 1. The van der Waals surface area contributed by atoms with E-state index in [0.29, 0.717) is 12.1 Å². The Labute approximate surface area is 198 Å². The SMILES string of the molecule is O=C(NCc1cccc(CN2CCOCC2)c1)c1ccc(CSc2ccc(Cl)cc2)cc1. The van der Waals surface area contributed by atoms with E-state index in [4.69, 9.17) is 16.3 Å². The number of thioether (sulfide) groups is 1. The highest BCUT2D eigenvalue weighted by atomic mass is 35.5. The lowest BCUT2D eigenvalue weighted by atomic mass is 10.1. The normalized spacial score (nSPS) is 14.3. The van der Waals surface area contributed by atoms with E-state index in [1.807, 2.05) is 48.5 Å². The fourth-order valence-electron chi connectivity index (χ4n) is 3.59. The van der Waals surface area contributed by atoms with Gasteiger partial charge < -0.3 is 10.1 Å². The summed E-state index contributed by atoms with van der Waals surface area (Å²) in [5, 5.41) is 3.78. The average Bonchev–Trinajstić information content (AvgIpc) is 2.83. The van der Waals surface area contributed by atoms with Crippen molar-refractivity contribution in [3.63, 3.8) is 0 Å². The highest BCUT2D eigenvalue weighted by Crippen LogP contribution is 2.24. The number of morpholine rings is 1. The molecule has 0 spiro atoms. The van der Waals surface area contributed by atoms with Gasteiger partial charge in [-0.3, -0.25) is 9.69 Å². The number of carbonyl (C=O) groups excluding carboxylic acids is 1. The third kappa shape index (κ3) is 6.84. The van der Waals surface area contributed by atoms with Gasteiger partial charge in [0.05, 0.1) is 13.2 Å². The lowest BCUT2D eigenvalue weighted by Gasteiger charge is -2.26. The summed E-state index contributed by atoms with van der Waals surface area (Å²) in [5.74, 6) is 0.792. The first-order valence-corrected chi connectivity index (χ1v) is 12.2. The van der Waals surface area contributed by atoms with Gasteiger partial charge in [-0.05, 0) is 53.1 Å². The monoisotopic (exact) mass is 466 g/mol. The summed E-state index contributed by atoms with van der Waals surface area (Å²) < 4.78 is 5.42. The van der Waals surface area contributed by atoms with Gasteiger partial charge >= 0.3 is 0 Å². The molecule has 6 heteroatoms. The van der Waals surface area contributed by atoms with E-state index in [1.165, 1.54) is 16.0 Å². The third-order valence-electron chi connectivity index (χ3n) is 5.39. The molecule has 0 aromatic heterocycles. The Morgan fingerprint density at radius 3 is 2.41 bits per heavy atom. The molecule has 3 aromatic carbocycles. The standard InChI is InChI=1S/C26H27ClN2O2S/c27-24-8-10-25(11-9-24)32-19-20-4-6-23(7-5-20)26(30)28-17-21-2-1-3-22(16-21)18-29-12-14-31-15-13-29/h1-11,16H,12-15,17-19H2,(H,28,30). The number of rotatable bonds is 8. The summed E-state index contributed by atoms with van der Waals surface area (Å²) in [6.07, 6.45) is 0. The second-order valence-corrected chi connectivity index (χ2v) is 9.32. The highest BCUT2D eigenvalue weighted by Gasteiger charge is 2.11. The topological polar surface area (TPSA) is 41.6 Å². The summed E-state index contributed by atoms with van der Waals surface area (Å²) in [6.45, 7) is 4.97. The van der Waals surface area contributed by atoms with Crippen molar-refractivity contribution in [2.24, 2.45) is 0 Å². The first-order chi connectivity index (χ1) is 15.7. The Kier molecular flexibility index (Phi) is 8.24. The Morgan fingerprint density at radius 1 is 0.938 bits per heavy atom. The maximum absolute atomic E-state index is 12.6. The van der Waals surface area contributed by atoms with Crippen molar-refractivity contribution in [3.8, 4) is 0 Å². The molecule has 1 heterocycles. The molecule has 0 bridgehead atoms. The van der Waals surface area contributed by atoms with Crippen LogP contribution >= 0.6 is 23.4 Å². The van der Waals surface area contributed by atoms with Crippen LogP contribution in [0.4, 0.5) is 0 Å². The van der Waals surface area contributed by atoms with Gasteiger partial charge in [-0.25, -0.2) is 0 Å². The maximum Gasteiger partial charge on any atom is 0.251 e. The molecule has 1 aliphatic rings. The molecule has 0 aliphatic carbocycles. The molecule has 1 fully saturated rings. The lowest BCUT2D eigenvalue weighted by molar-refractivity contribution is 0.0342. The first-order valence-electron chi connectivity index (χ1n) is 10.8. The van der Waals surface area contributed by atoms with Crippen LogP contribution in [0.25, 0.3) is 0 Å². The Hall–Kier alpha value is -2.31. The number of hydrogen-bond donors (Lipinski definition) is 1. The van der Waals surface area contributed by atoms with Crippen molar-refractivity contribution in [2.75, 3.05) is 26.3 Å². The molecule has 166 valence electrons. The number of ether oxygens (including phenoxy) is 1. The molecular formula is C26H27ClN2O2S. The largest absolute Gasteiger partial charge is 0.379 e. The summed E-state index contributed by atoms with van der Waals surface area (Å²) in [5.41, 5.74) is 4.23. The van der Waals surface area contributed by atoms with Crippen molar-refractivity contribution in [1.29, 1.82) is 0 Å². The van der Waals surface area contributed by atoms with E-state index in [2.05, 4.69) is 34.5 Å². The Morgan fingerprint density at radius 2 is 1.66 bits per heavy atom. The van der Waals surface area contributed by atoms with Crippen LogP contribution < -0.4 is 5.32 Å². The first kappa shape index (κ1) is 22.9. The van der Waals surface area contributed by atoms with Crippen LogP contribution in [0.3, 0.4) is 0 Å². The fourth-order valence-corrected chi connectivity index (χ4v) is 4.57. The molecule has 1 N–H and O–H groups in total. The minimum absolute atomic E-state index is 0.0551. The predicted molar refractivity (Wildman–Crippen MR) is 131 cm³/mol. The van der Waals surface area contributed by atoms with Crippen molar-refractivity contribution in [3.05, 3.63) is 100 Å². The summed E-state index contributed by atoms with van der Waals surface area (Å²) in [4.78, 5) is 16.2. The second kappa shape index (κ2) is 11.5. The molecule has 4 nitrogen and oxygen atoms in total. The van der Waals surface area contributed by atoms with Crippen LogP contribution in [-0.4, -0.2) is 37.1 Å². The van der Waals surface area contributed by atoms with Crippen LogP contribution in [0, 0.1) is 0 Å². The highest BCUT2D eigenvalue weighted by molar-refractivity contribution is 7.98. The molecule has 4 rings (SSSR count). The van der Waals surface area contributed by atoms with E-state index in [9.17, 15) is 4.79 Å². The number of amides is 1. The van der Waals surface area contributed by atoms with Crippen molar-refractivity contribution < 1.29 is 9.53 Å². The summed E-state index contributed by atoms with van der Waals surface area (Å²) >= 11 is 7.68. The molecule has 0 atom stereocenters. The van der Waals surface area contributed by atoms with Gasteiger partial charge in [0.15, 0.2) is 0 Å². The number of halogens is 1. The van der Waals surface area contributed by atoms with Gasteiger partial charge in [-0.1, -0.05) is 48.0 Å². The lowest BCUT2D eigenvalue weighted by Crippen LogP contribution is -2.35. The van der Waals surface area contributed by atoms with E-state index in [0.717, 1.165) is 49.2 Å². The van der Waals surface area contributed by atoms with Gasteiger partial charge in [0.1, 0.15) is 0 Å². The third-order valence-corrected chi connectivity index (χ3v) is 6.72. The van der Waals surface area contributed by atoms with Gasteiger partial charge in [0, 0.05) is 47.4 Å². The van der Waals surface area contributed by atoms with Gasteiger partial charge in [0.2, 0.25) is 0 Å². The number of hydrogen-bond acceptors (Lipinski definition) is 4. The van der Waals surface area contributed by atoms with E-state index in [-0.39, 0.29) is 5.91 Å². The molecule has 1 amide bonds. The predicted octanol–water partition coefficient (Wildman–Crippen LogP) is 5.39. The van der Waals surface area contributed by atoms with Crippen LogP contribution in [0.5, 0.6) is 0 Å². The van der Waals surface area contributed by atoms with Crippen molar-refractivity contribution >= 4 is 29.3 Å². The molecule has 1 saturated heterocycles. The molecule has 1 aliphatic heterocycles.